The molecule has 3 rings (SSSR count). The smallest absolute Gasteiger partial charge is 0.288 e. The maximum absolute atomic E-state index is 11.2. The molecule has 20 heavy (non-hydrogen) atoms. The zero-order valence-electron chi connectivity index (χ0n) is 11.0. The molecule has 0 saturated carbocycles. The second kappa shape index (κ2) is 4.84. The molecule has 0 fully saturated rings. The molecule has 2 heterocycles. The first-order chi connectivity index (χ1) is 9.70. The molecular weight excluding hydrogens is 258 g/mol. The molecule has 1 unspecified atom stereocenters. The van der Waals surface area contributed by atoms with Crippen LogP contribution in [-0.2, 0) is 0 Å². The highest BCUT2D eigenvalue weighted by Gasteiger charge is 2.27. The lowest BCUT2D eigenvalue weighted by molar-refractivity contribution is 0.0990. The van der Waals surface area contributed by atoms with Crippen molar-refractivity contribution in [2.45, 2.75) is 12.5 Å². The number of ether oxygens (including phenoxy) is 1. The van der Waals surface area contributed by atoms with Crippen LogP contribution in [0.1, 0.15) is 28.6 Å². The fourth-order valence-electron chi connectivity index (χ4n) is 2.44. The Kier molecular flexibility index (Phi) is 3.02. The number of carbonyl (C=O) groups excluding carboxylic acids is 1. The molecule has 0 radical (unpaired) electrons. The summed E-state index contributed by atoms with van der Waals surface area (Å²) in [6, 6.07) is 7.74. The number of anilines is 1. The summed E-state index contributed by atoms with van der Waals surface area (Å²) in [5.41, 5.74) is 6.25. The molecule has 1 aromatic heterocycles. The largest absolute Gasteiger partial charge is 0.496 e. The van der Waals surface area contributed by atoms with Crippen LogP contribution >= 0.6 is 0 Å². The van der Waals surface area contributed by atoms with Gasteiger partial charge in [-0.25, -0.2) is 4.68 Å². The molecule has 0 spiro atoms. The summed E-state index contributed by atoms with van der Waals surface area (Å²) in [6.07, 6.45) is 0.828. The Labute approximate surface area is 115 Å². The number of para-hydroxylation sites is 1. The fourth-order valence-corrected chi connectivity index (χ4v) is 2.44. The lowest BCUT2D eigenvalue weighted by atomic mass is 10.0. The van der Waals surface area contributed by atoms with Crippen LogP contribution in [0.3, 0.4) is 0 Å². The normalized spacial score (nSPS) is 17.1. The van der Waals surface area contributed by atoms with E-state index in [1.54, 1.807) is 11.8 Å². The minimum atomic E-state index is -0.632. The van der Waals surface area contributed by atoms with Gasteiger partial charge >= 0.3 is 0 Å². The minimum absolute atomic E-state index is 0.0225. The van der Waals surface area contributed by atoms with Crippen LogP contribution in [0.2, 0.25) is 0 Å². The predicted molar refractivity (Wildman–Crippen MR) is 72.8 cm³/mol. The van der Waals surface area contributed by atoms with Crippen LogP contribution in [0.4, 0.5) is 5.95 Å². The van der Waals surface area contributed by atoms with E-state index in [1.807, 2.05) is 24.3 Å². The number of nitrogens with zero attached hydrogens (tertiary/aromatic N) is 3. The van der Waals surface area contributed by atoms with E-state index in [2.05, 4.69) is 15.4 Å². The number of hydrogen-bond acceptors (Lipinski definition) is 5. The number of nitrogens with two attached hydrogens (primary N) is 1. The third kappa shape index (κ3) is 1.97. The molecule has 7 nitrogen and oxygen atoms in total. The maximum Gasteiger partial charge on any atom is 0.288 e. The molecule has 0 saturated heterocycles. The zero-order valence-corrected chi connectivity index (χ0v) is 11.0. The highest BCUT2D eigenvalue weighted by atomic mass is 16.5. The summed E-state index contributed by atoms with van der Waals surface area (Å²) < 4.78 is 7.09. The second-order valence-electron chi connectivity index (χ2n) is 4.54. The number of hydrogen-bond donors (Lipinski definition) is 2. The molecule has 2 aromatic rings. The Morgan fingerprint density at radius 1 is 1.50 bits per heavy atom. The van der Waals surface area contributed by atoms with Crippen LogP contribution < -0.4 is 15.8 Å². The van der Waals surface area contributed by atoms with E-state index in [-0.39, 0.29) is 11.9 Å². The molecule has 7 heteroatoms. The molecule has 1 atom stereocenters. The molecular formula is C13H15N5O2. The molecule has 1 amide bonds. The van der Waals surface area contributed by atoms with Crippen molar-refractivity contribution in [2.24, 2.45) is 5.73 Å². The second-order valence-corrected chi connectivity index (χ2v) is 4.54. The average Bonchev–Trinajstić information content (AvgIpc) is 2.91. The summed E-state index contributed by atoms with van der Waals surface area (Å²) in [7, 11) is 1.64. The van der Waals surface area contributed by atoms with Crippen molar-refractivity contribution < 1.29 is 9.53 Å². The first-order valence-corrected chi connectivity index (χ1v) is 6.34. The Morgan fingerprint density at radius 2 is 2.30 bits per heavy atom. The van der Waals surface area contributed by atoms with Crippen LogP contribution in [0.5, 0.6) is 5.75 Å². The highest BCUT2D eigenvalue weighted by Crippen LogP contribution is 2.33. The van der Waals surface area contributed by atoms with Gasteiger partial charge in [-0.15, -0.1) is 5.10 Å². The summed E-state index contributed by atoms with van der Waals surface area (Å²) >= 11 is 0. The Hall–Kier alpha value is -2.57. The van der Waals surface area contributed by atoms with Gasteiger partial charge in [0.05, 0.1) is 13.2 Å². The van der Waals surface area contributed by atoms with Crippen molar-refractivity contribution in [1.82, 2.24) is 14.8 Å². The van der Waals surface area contributed by atoms with Gasteiger partial charge in [0.25, 0.3) is 5.91 Å². The number of carbonyl (C=O) groups is 1. The van der Waals surface area contributed by atoms with Crippen LogP contribution in [0, 0.1) is 0 Å². The van der Waals surface area contributed by atoms with Crippen LogP contribution in [0.15, 0.2) is 24.3 Å². The standard InChI is InChI=1S/C13H15N5O2/c1-20-10-5-3-2-4-8(10)9-6-7-15-13-16-12(11(14)19)17-18(9)13/h2-5,9H,6-7H2,1H3,(H2,14,19)(H,15,16,17). The van der Waals surface area contributed by atoms with Gasteiger partial charge in [0, 0.05) is 12.1 Å². The minimum Gasteiger partial charge on any atom is -0.496 e. The summed E-state index contributed by atoms with van der Waals surface area (Å²) in [5.74, 6) is 0.740. The topological polar surface area (TPSA) is 95.1 Å². The monoisotopic (exact) mass is 273 g/mol. The predicted octanol–water partition coefficient (Wildman–Crippen LogP) is 0.791. The van der Waals surface area contributed by atoms with Crippen molar-refractivity contribution in [2.75, 3.05) is 19.0 Å². The zero-order chi connectivity index (χ0) is 14.1. The third-order valence-electron chi connectivity index (χ3n) is 3.35. The van der Waals surface area contributed by atoms with Gasteiger partial charge in [-0.3, -0.25) is 4.79 Å². The van der Waals surface area contributed by atoms with E-state index in [4.69, 9.17) is 10.5 Å². The van der Waals surface area contributed by atoms with E-state index in [0.29, 0.717) is 5.95 Å². The number of nitrogens with one attached hydrogen (secondary N) is 1. The third-order valence-corrected chi connectivity index (χ3v) is 3.35. The summed E-state index contributed by atoms with van der Waals surface area (Å²) in [4.78, 5) is 15.3. The first kappa shape index (κ1) is 12.5. The first-order valence-electron chi connectivity index (χ1n) is 6.34. The molecule has 104 valence electrons. The Balaban J connectivity index is 2.07. The number of primary amides is 1. The van der Waals surface area contributed by atoms with Gasteiger partial charge < -0.3 is 15.8 Å². The van der Waals surface area contributed by atoms with E-state index in [1.165, 1.54) is 0 Å². The SMILES string of the molecule is COc1ccccc1C1CCNc2nc(C(N)=O)nn21. The number of rotatable bonds is 3. The van der Waals surface area contributed by atoms with Gasteiger partial charge in [-0.05, 0) is 12.5 Å². The summed E-state index contributed by atoms with van der Waals surface area (Å²) in [5, 5.41) is 7.31. The Morgan fingerprint density at radius 3 is 3.05 bits per heavy atom. The van der Waals surface area contributed by atoms with Gasteiger partial charge in [-0.2, -0.15) is 4.98 Å². The van der Waals surface area contributed by atoms with Crippen molar-refractivity contribution in [1.29, 1.82) is 0 Å². The molecule has 3 N–H and O–H groups in total. The van der Waals surface area contributed by atoms with Crippen molar-refractivity contribution in [3.63, 3.8) is 0 Å². The van der Waals surface area contributed by atoms with Gasteiger partial charge in [0.1, 0.15) is 5.75 Å². The lowest BCUT2D eigenvalue weighted by Crippen LogP contribution is -2.25. The van der Waals surface area contributed by atoms with Crippen molar-refractivity contribution in [3.05, 3.63) is 35.7 Å². The van der Waals surface area contributed by atoms with Crippen molar-refractivity contribution >= 4 is 11.9 Å². The van der Waals surface area contributed by atoms with E-state index >= 15 is 0 Å². The lowest BCUT2D eigenvalue weighted by Gasteiger charge is -2.25. The number of benzene rings is 1. The van der Waals surface area contributed by atoms with E-state index in [0.717, 1.165) is 24.3 Å². The molecule has 1 aliphatic heterocycles. The molecule has 1 aliphatic rings. The van der Waals surface area contributed by atoms with E-state index < -0.39 is 5.91 Å². The van der Waals surface area contributed by atoms with Gasteiger partial charge in [-0.1, -0.05) is 18.2 Å². The molecule has 1 aromatic carbocycles. The highest BCUT2D eigenvalue weighted by molar-refractivity contribution is 5.89. The van der Waals surface area contributed by atoms with E-state index in [9.17, 15) is 4.79 Å². The Bertz CT molecular complexity index is 652. The average molecular weight is 273 g/mol. The van der Waals surface area contributed by atoms with Crippen LogP contribution in [-0.4, -0.2) is 34.3 Å². The number of amides is 1. The number of aromatic nitrogens is 3. The quantitative estimate of drug-likeness (QED) is 0.862. The summed E-state index contributed by atoms with van der Waals surface area (Å²) in [6.45, 7) is 0.750. The van der Waals surface area contributed by atoms with Gasteiger partial charge in [0.15, 0.2) is 0 Å². The maximum atomic E-state index is 11.2. The van der Waals surface area contributed by atoms with Gasteiger partial charge in [0.2, 0.25) is 11.8 Å². The van der Waals surface area contributed by atoms with Crippen LogP contribution in [0.25, 0.3) is 0 Å². The fraction of sp³-hybridized carbons (Fsp3) is 0.308. The van der Waals surface area contributed by atoms with Crippen molar-refractivity contribution in [3.8, 4) is 5.75 Å². The number of fused-ring (bicyclic) bond motifs is 1. The molecule has 0 aliphatic carbocycles. The molecule has 0 bridgehead atoms. The number of methoxy groups -OCH3 is 1.